The van der Waals surface area contributed by atoms with E-state index >= 15 is 0 Å². The molecule has 2 N–H and O–H groups in total. The number of esters is 1. The molecule has 0 heterocycles. The van der Waals surface area contributed by atoms with Gasteiger partial charge >= 0.3 is 5.97 Å². The van der Waals surface area contributed by atoms with Crippen molar-refractivity contribution in [3.63, 3.8) is 0 Å². The summed E-state index contributed by atoms with van der Waals surface area (Å²) in [5.74, 6) is -3.91. The second kappa shape index (κ2) is 8.60. The first-order chi connectivity index (χ1) is 13.1. The Hall–Kier alpha value is -2.61. The topological polar surface area (TPSA) is 110 Å². The van der Waals surface area contributed by atoms with Crippen LogP contribution in [0.3, 0.4) is 0 Å². The average Bonchev–Trinajstić information content (AvgIpc) is 2.63. The number of ether oxygens (including phenoxy) is 2. The quantitative estimate of drug-likeness (QED) is 0.292. The van der Waals surface area contributed by atoms with Crippen molar-refractivity contribution in [3.05, 3.63) is 44.8 Å². The Morgan fingerprint density at radius 3 is 2.39 bits per heavy atom. The molecular weight excluding hydrogens is 432 g/mol. The molecule has 1 aromatic rings. The lowest BCUT2D eigenvalue weighted by Crippen LogP contribution is -2.32. The molecule has 7 nitrogen and oxygen atoms in total. The fourth-order valence-corrected chi connectivity index (χ4v) is 3.52. The zero-order valence-electron chi connectivity index (χ0n) is 16.0. The molecule has 0 amide bonds. The van der Waals surface area contributed by atoms with Crippen LogP contribution in [-0.4, -0.2) is 34.9 Å². The fraction of sp³-hybridized carbons (Fsp3) is 0.350. The number of Topliss-reactive ketones (excluding diaryl/α,β-unsaturated/α-hetero) is 1. The number of aromatic hydroxyl groups is 1. The zero-order valence-corrected chi connectivity index (χ0v) is 17.5. The van der Waals surface area contributed by atoms with Crippen molar-refractivity contribution in [1.29, 1.82) is 0 Å². The fourth-order valence-electron chi connectivity index (χ4n) is 2.94. The molecule has 0 bridgehead atoms. The molecule has 150 valence electrons. The van der Waals surface area contributed by atoms with Crippen molar-refractivity contribution in [2.75, 3.05) is 7.11 Å². The number of hydrogen-bond acceptors (Lipinski definition) is 7. The summed E-state index contributed by atoms with van der Waals surface area (Å²) in [4.78, 5) is 37.2. The van der Waals surface area contributed by atoms with Crippen molar-refractivity contribution < 1.29 is 34.1 Å². The number of aliphatic hydroxyl groups excluding tert-OH is 1. The lowest BCUT2D eigenvalue weighted by molar-refractivity contribution is -0.142. The average molecular weight is 453 g/mol. The Bertz CT molecular complexity index is 883. The van der Waals surface area contributed by atoms with Gasteiger partial charge < -0.3 is 19.7 Å². The molecule has 0 aliphatic heterocycles. The van der Waals surface area contributed by atoms with Crippen LogP contribution in [0.2, 0.25) is 0 Å². The summed E-state index contributed by atoms with van der Waals surface area (Å²) < 4.78 is 10.5. The van der Waals surface area contributed by atoms with Crippen molar-refractivity contribution in [2.45, 2.75) is 33.6 Å². The highest BCUT2D eigenvalue weighted by Gasteiger charge is 2.36. The Kier molecular flexibility index (Phi) is 6.66. The molecule has 2 rings (SSSR count). The van der Waals surface area contributed by atoms with Gasteiger partial charge in [0.05, 0.1) is 12.7 Å². The predicted molar refractivity (Wildman–Crippen MR) is 104 cm³/mol. The van der Waals surface area contributed by atoms with Crippen molar-refractivity contribution in [3.8, 4) is 11.5 Å². The van der Waals surface area contributed by atoms with E-state index in [1.807, 2.05) is 6.92 Å². The summed E-state index contributed by atoms with van der Waals surface area (Å²) in [6, 6.07) is 0. The van der Waals surface area contributed by atoms with Gasteiger partial charge in [0.2, 0.25) is 0 Å². The molecule has 1 aliphatic carbocycles. The van der Waals surface area contributed by atoms with Crippen LogP contribution in [0.1, 0.15) is 41.3 Å². The number of phenols is 1. The molecule has 1 aliphatic rings. The number of rotatable bonds is 6. The predicted octanol–water partition coefficient (Wildman–Crippen LogP) is 3.83. The van der Waals surface area contributed by atoms with E-state index < -0.39 is 17.7 Å². The first-order valence-electron chi connectivity index (χ1n) is 8.60. The van der Waals surface area contributed by atoms with Gasteiger partial charge in [0.15, 0.2) is 23.2 Å². The first kappa shape index (κ1) is 21.7. The Balaban J connectivity index is 2.45. The number of phenolic OH excluding ortho intramolecular Hbond substituents is 1. The number of allylic oxidation sites excluding steroid dienone is 2. The number of ketones is 2. The smallest absolute Gasteiger partial charge is 0.330 e. The van der Waals surface area contributed by atoms with Gasteiger partial charge in [0, 0.05) is 18.6 Å². The number of benzene rings is 1. The molecule has 28 heavy (non-hydrogen) atoms. The molecule has 0 saturated heterocycles. The number of halogens is 1. The molecule has 1 atom stereocenters. The SMILES string of the molecule is CCCC(=O)c1c(C)c(C)c(OC(=O)C2C(=O)C=C(O)C=C2OC)c(Br)c1O. The summed E-state index contributed by atoms with van der Waals surface area (Å²) in [5, 5.41) is 20.0. The second-order valence-electron chi connectivity index (χ2n) is 6.37. The zero-order chi connectivity index (χ0) is 21.2. The molecule has 0 radical (unpaired) electrons. The van der Waals surface area contributed by atoms with E-state index in [4.69, 9.17) is 9.47 Å². The van der Waals surface area contributed by atoms with Gasteiger partial charge in [0.1, 0.15) is 21.7 Å². The Morgan fingerprint density at radius 1 is 1.18 bits per heavy atom. The van der Waals surface area contributed by atoms with Gasteiger partial charge in [-0.05, 0) is 47.3 Å². The number of hydrogen-bond donors (Lipinski definition) is 2. The van der Waals surface area contributed by atoms with Crippen LogP contribution >= 0.6 is 15.9 Å². The molecule has 1 aromatic carbocycles. The van der Waals surface area contributed by atoms with Crippen molar-refractivity contribution in [2.24, 2.45) is 5.92 Å². The molecule has 0 saturated carbocycles. The van der Waals surface area contributed by atoms with Gasteiger partial charge in [-0.2, -0.15) is 0 Å². The Morgan fingerprint density at radius 2 is 1.82 bits per heavy atom. The van der Waals surface area contributed by atoms with Gasteiger partial charge in [-0.1, -0.05) is 6.92 Å². The van der Waals surface area contributed by atoms with E-state index in [1.54, 1.807) is 13.8 Å². The lowest BCUT2D eigenvalue weighted by atomic mass is 9.95. The minimum atomic E-state index is -1.38. The maximum atomic E-state index is 12.7. The number of carbonyl (C=O) groups is 3. The first-order valence-corrected chi connectivity index (χ1v) is 9.39. The third-order valence-corrected chi connectivity index (χ3v) is 5.24. The van der Waals surface area contributed by atoms with E-state index in [0.29, 0.717) is 17.5 Å². The van der Waals surface area contributed by atoms with E-state index in [1.165, 1.54) is 7.11 Å². The molecule has 0 spiro atoms. The van der Waals surface area contributed by atoms with Crippen LogP contribution in [0.5, 0.6) is 11.5 Å². The van der Waals surface area contributed by atoms with E-state index in [2.05, 4.69) is 15.9 Å². The van der Waals surface area contributed by atoms with E-state index in [9.17, 15) is 24.6 Å². The van der Waals surface area contributed by atoms with Gasteiger partial charge in [-0.25, -0.2) is 0 Å². The van der Waals surface area contributed by atoms with E-state index in [0.717, 1.165) is 12.2 Å². The molecule has 0 fully saturated rings. The molecule has 0 aromatic heterocycles. The lowest BCUT2D eigenvalue weighted by Gasteiger charge is -2.21. The highest BCUT2D eigenvalue weighted by Crippen LogP contribution is 2.43. The number of carbonyl (C=O) groups excluding carboxylic acids is 3. The van der Waals surface area contributed by atoms with Crippen LogP contribution in [0.25, 0.3) is 0 Å². The van der Waals surface area contributed by atoms with Crippen LogP contribution in [-0.2, 0) is 14.3 Å². The molecule has 8 heteroatoms. The maximum absolute atomic E-state index is 12.7. The molecular formula is C20H21BrO7. The van der Waals surface area contributed by atoms with Crippen molar-refractivity contribution in [1.82, 2.24) is 0 Å². The van der Waals surface area contributed by atoms with Crippen molar-refractivity contribution >= 4 is 33.5 Å². The monoisotopic (exact) mass is 452 g/mol. The van der Waals surface area contributed by atoms with Gasteiger partial charge in [-0.3, -0.25) is 14.4 Å². The van der Waals surface area contributed by atoms with Gasteiger partial charge in [-0.15, -0.1) is 0 Å². The Labute approximate surface area is 170 Å². The number of methoxy groups -OCH3 is 1. The van der Waals surface area contributed by atoms with Crippen LogP contribution < -0.4 is 4.74 Å². The largest absolute Gasteiger partial charge is 0.508 e. The third kappa shape index (κ3) is 3.96. The molecule has 1 unspecified atom stereocenters. The maximum Gasteiger partial charge on any atom is 0.330 e. The normalized spacial score (nSPS) is 16.3. The minimum absolute atomic E-state index is 0.00933. The number of aliphatic hydroxyl groups is 1. The summed E-state index contributed by atoms with van der Waals surface area (Å²) in [6.45, 7) is 5.15. The summed E-state index contributed by atoms with van der Waals surface area (Å²) in [7, 11) is 1.27. The highest BCUT2D eigenvalue weighted by molar-refractivity contribution is 9.10. The van der Waals surface area contributed by atoms with Crippen LogP contribution in [0, 0.1) is 19.8 Å². The standard InChI is InChI=1S/C20H21BrO7/c1-5-6-12(23)15-9(2)10(3)19(17(21)18(15)25)28-20(26)16-13(24)7-11(22)8-14(16)27-4/h7-8,16,22,25H,5-6H2,1-4H3. The van der Waals surface area contributed by atoms with Crippen LogP contribution in [0.15, 0.2) is 28.1 Å². The summed E-state index contributed by atoms with van der Waals surface area (Å²) in [5.41, 5.74) is 1.13. The summed E-state index contributed by atoms with van der Waals surface area (Å²) in [6.07, 6.45) is 2.96. The van der Waals surface area contributed by atoms with E-state index in [-0.39, 0.29) is 45.3 Å². The van der Waals surface area contributed by atoms with Gasteiger partial charge in [0.25, 0.3) is 0 Å². The highest BCUT2D eigenvalue weighted by atomic mass is 79.9. The minimum Gasteiger partial charge on any atom is -0.508 e. The third-order valence-electron chi connectivity index (χ3n) is 4.50. The summed E-state index contributed by atoms with van der Waals surface area (Å²) >= 11 is 3.18. The second-order valence-corrected chi connectivity index (χ2v) is 7.16. The van der Waals surface area contributed by atoms with Crippen LogP contribution in [0.4, 0.5) is 0 Å².